The van der Waals surface area contributed by atoms with E-state index in [-0.39, 0.29) is 30.7 Å². The molecule has 1 aliphatic rings. The summed E-state index contributed by atoms with van der Waals surface area (Å²) in [5.74, 6) is 1.96. The van der Waals surface area contributed by atoms with Crippen molar-refractivity contribution in [2.75, 3.05) is 31.6 Å². The molecule has 1 N–H and O–H groups in total. The number of anilines is 1. The Labute approximate surface area is 122 Å². The summed E-state index contributed by atoms with van der Waals surface area (Å²) >= 11 is 0. The van der Waals surface area contributed by atoms with Crippen LogP contribution in [0.1, 0.15) is 6.42 Å². The van der Waals surface area contributed by atoms with Gasteiger partial charge in [-0.05, 0) is 6.42 Å². The standard InChI is InChI=1S/C14H18N4O3/c1-3-5-15-13(19)10-18-14(20)7-11(8-16-18)17-6-4-12(9-17)21-2/h1,7-8,12H,4-6,9-10H2,2H3,(H,15,19). The number of methoxy groups -OCH3 is 1. The van der Waals surface area contributed by atoms with Crippen LogP contribution in [-0.4, -0.2) is 48.5 Å². The zero-order valence-electron chi connectivity index (χ0n) is 11.9. The molecule has 1 atom stereocenters. The Bertz CT molecular complexity index is 605. The SMILES string of the molecule is C#CCNC(=O)Cn1ncc(N2CCC(OC)C2)cc1=O. The zero-order valence-corrected chi connectivity index (χ0v) is 11.9. The van der Waals surface area contributed by atoms with Gasteiger partial charge in [-0.1, -0.05) is 5.92 Å². The maximum atomic E-state index is 12.0. The van der Waals surface area contributed by atoms with E-state index in [0.29, 0.717) is 0 Å². The van der Waals surface area contributed by atoms with Crippen LogP contribution in [0.4, 0.5) is 5.69 Å². The first-order valence-electron chi connectivity index (χ1n) is 6.69. The molecule has 2 heterocycles. The molecular formula is C14H18N4O3. The molecule has 0 aromatic carbocycles. The Morgan fingerprint density at radius 1 is 1.67 bits per heavy atom. The van der Waals surface area contributed by atoms with Gasteiger partial charge in [-0.2, -0.15) is 5.10 Å². The second-order valence-electron chi connectivity index (χ2n) is 4.78. The van der Waals surface area contributed by atoms with Crippen molar-refractivity contribution in [1.29, 1.82) is 0 Å². The molecule has 1 saturated heterocycles. The number of amides is 1. The fraction of sp³-hybridized carbons (Fsp3) is 0.500. The Kier molecular flexibility index (Phi) is 4.95. The van der Waals surface area contributed by atoms with E-state index in [1.807, 2.05) is 4.90 Å². The van der Waals surface area contributed by atoms with Crippen LogP contribution in [0.15, 0.2) is 17.1 Å². The highest BCUT2D eigenvalue weighted by Gasteiger charge is 2.22. The van der Waals surface area contributed by atoms with Crippen molar-refractivity contribution >= 4 is 11.6 Å². The van der Waals surface area contributed by atoms with E-state index >= 15 is 0 Å². The molecule has 112 valence electrons. The van der Waals surface area contributed by atoms with E-state index in [4.69, 9.17) is 11.2 Å². The van der Waals surface area contributed by atoms with Crippen molar-refractivity contribution in [2.45, 2.75) is 19.1 Å². The lowest BCUT2D eigenvalue weighted by molar-refractivity contribution is -0.121. The van der Waals surface area contributed by atoms with Crippen molar-refractivity contribution in [1.82, 2.24) is 15.1 Å². The Morgan fingerprint density at radius 2 is 2.48 bits per heavy atom. The zero-order chi connectivity index (χ0) is 15.2. The van der Waals surface area contributed by atoms with Gasteiger partial charge in [0.1, 0.15) is 6.54 Å². The lowest BCUT2D eigenvalue weighted by Gasteiger charge is -2.17. The molecule has 0 saturated carbocycles. The molecule has 1 amide bonds. The van der Waals surface area contributed by atoms with Crippen LogP contribution in [0.25, 0.3) is 0 Å². The molecule has 0 aliphatic carbocycles. The van der Waals surface area contributed by atoms with Gasteiger partial charge in [-0.15, -0.1) is 6.42 Å². The normalized spacial score (nSPS) is 17.5. The fourth-order valence-corrected chi connectivity index (χ4v) is 2.21. The van der Waals surface area contributed by atoms with Gasteiger partial charge in [0.05, 0.1) is 24.5 Å². The van der Waals surface area contributed by atoms with Crippen LogP contribution in [-0.2, 0) is 16.1 Å². The number of rotatable bonds is 5. The van der Waals surface area contributed by atoms with Crippen molar-refractivity contribution in [3.8, 4) is 12.3 Å². The summed E-state index contributed by atoms with van der Waals surface area (Å²) in [6.45, 7) is 1.57. The molecule has 1 aromatic rings. The minimum atomic E-state index is -0.337. The van der Waals surface area contributed by atoms with Gasteiger partial charge in [0.2, 0.25) is 5.91 Å². The number of carbonyl (C=O) groups excluding carboxylic acids is 1. The summed E-state index contributed by atoms with van der Waals surface area (Å²) in [7, 11) is 1.68. The van der Waals surface area contributed by atoms with Gasteiger partial charge in [-0.3, -0.25) is 9.59 Å². The van der Waals surface area contributed by atoms with Gasteiger partial charge >= 0.3 is 0 Å². The summed E-state index contributed by atoms with van der Waals surface area (Å²) in [5.41, 5.74) is 0.434. The molecule has 0 bridgehead atoms. The molecule has 1 fully saturated rings. The minimum absolute atomic E-state index is 0.137. The number of carbonyl (C=O) groups is 1. The maximum Gasteiger partial charge on any atom is 0.269 e. The molecule has 7 nitrogen and oxygen atoms in total. The maximum absolute atomic E-state index is 12.0. The molecule has 21 heavy (non-hydrogen) atoms. The number of terminal acetylenes is 1. The molecule has 0 radical (unpaired) electrons. The summed E-state index contributed by atoms with van der Waals surface area (Å²) in [5, 5.41) is 6.52. The first kappa shape index (κ1) is 15.1. The fourth-order valence-electron chi connectivity index (χ4n) is 2.21. The average molecular weight is 290 g/mol. The molecule has 1 aliphatic heterocycles. The Morgan fingerprint density at radius 3 is 3.10 bits per heavy atom. The van der Waals surface area contributed by atoms with Gasteiger partial charge < -0.3 is 15.0 Å². The number of aromatic nitrogens is 2. The van der Waals surface area contributed by atoms with E-state index < -0.39 is 0 Å². The minimum Gasteiger partial charge on any atom is -0.380 e. The van der Waals surface area contributed by atoms with Gasteiger partial charge in [-0.25, -0.2) is 4.68 Å². The molecule has 1 unspecified atom stereocenters. The van der Waals surface area contributed by atoms with E-state index in [0.717, 1.165) is 29.9 Å². The summed E-state index contributed by atoms with van der Waals surface area (Å²) in [6.07, 6.45) is 7.75. The largest absolute Gasteiger partial charge is 0.380 e. The van der Waals surface area contributed by atoms with E-state index in [9.17, 15) is 9.59 Å². The van der Waals surface area contributed by atoms with Gasteiger partial charge in [0.15, 0.2) is 0 Å². The third-order valence-corrected chi connectivity index (χ3v) is 3.38. The molecule has 7 heteroatoms. The predicted molar refractivity (Wildman–Crippen MR) is 78.0 cm³/mol. The van der Waals surface area contributed by atoms with Crippen molar-refractivity contribution in [3.63, 3.8) is 0 Å². The van der Waals surface area contributed by atoms with Crippen LogP contribution in [0, 0.1) is 12.3 Å². The highest BCUT2D eigenvalue weighted by atomic mass is 16.5. The number of ether oxygens (including phenoxy) is 1. The van der Waals surface area contributed by atoms with Crippen LogP contribution < -0.4 is 15.8 Å². The smallest absolute Gasteiger partial charge is 0.269 e. The summed E-state index contributed by atoms with van der Waals surface area (Å²) in [6, 6.07) is 1.49. The monoisotopic (exact) mass is 290 g/mol. The number of hydrogen-bond acceptors (Lipinski definition) is 5. The van der Waals surface area contributed by atoms with Crippen molar-refractivity contribution < 1.29 is 9.53 Å². The second-order valence-corrected chi connectivity index (χ2v) is 4.78. The molecular weight excluding hydrogens is 272 g/mol. The lowest BCUT2D eigenvalue weighted by Crippen LogP contribution is -2.34. The van der Waals surface area contributed by atoms with Crippen LogP contribution in [0.2, 0.25) is 0 Å². The quantitative estimate of drug-likeness (QED) is 0.720. The number of nitrogens with one attached hydrogen (secondary N) is 1. The van der Waals surface area contributed by atoms with E-state index in [1.54, 1.807) is 13.3 Å². The highest BCUT2D eigenvalue weighted by Crippen LogP contribution is 2.19. The third-order valence-electron chi connectivity index (χ3n) is 3.38. The summed E-state index contributed by atoms with van der Waals surface area (Å²) < 4.78 is 6.40. The average Bonchev–Trinajstić information content (AvgIpc) is 2.96. The van der Waals surface area contributed by atoms with Gasteiger partial charge in [0.25, 0.3) is 5.56 Å². The predicted octanol–water partition coefficient (Wildman–Crippen LogP) is -0.782. The third kappa shape index (κ3) is 3.83. The van der Waals surface area contributed by atoms with Gasteiger partial charge in [0, 0.05) is 26.3 Å². The summed E-state index contributed by atoms with van der Waals surface area (Å²) in [4.78, 5) is 25.5. The Hall–Kier alpha value is -2.33. The lowest BCUT2D eigenvalue weighted by atomic mass is 10.3. The van der Waals surface area contributed by atoms with Crippen molar-refractivity contribution in [3.05, 3.63) is 22.6 Å². The molecule has 1 aromatic heterocycles. The second kappa shape index (κ2) is 6.90. The molecule has 2 rings (SSSR count). The van der Waals surface area contributed by atoms with E-state index in [2.05, 4.69) is 16.3 Å². The molecule has 0 spiro atoms. The van der Waals surface area contributed by atoms with Crippen molar-refractivity contribution in [2.24, 2.45) is 0 Å². The highest BCUT2D eigenvalue weighted by molar-refractivity contribution is 5.75. The topological polar surface area (TPSA) is 76.5 Å². The van der Waals surface area contributed by atoms with Crippen LogP contribution in [0.5, 0.6) is 0 Å². The number of hydrogen-bond donors (Lipinski definition) is 1. The first-order chi connectivity index (χ1) is 10.1. The Balaban J connectivity index is 2.03. The van der Waals surface area contributed by atoms with E-state index in [1.165, 1.54) is 6.07 Å². The first-order valence-corrected chi connectivity index (χ1v) is 6.69. The van der Waals surface area contributed by atoms with Crippen LogP contribution >= 0.6 is 0 Å². The van der Waals surface area contributed by atoms with Crippen LogP contribution in [0.3, 0.4) is 0 Å². The number of nitrogens with zero attached hydrogens (tertiary/aromatic N) is 3.